The maximum atomic E-state index is 10.8. The number of aliphatic hydroxyl groups is 1. The topological polar surface area (TPSA) is 47.9 Å². The van der Waals surface area contributed by atoms with Crippen LogP contribution in [0.25, 0.3) is 0 Å². The average Bonchev–Trinajstić information content (AvgIpc) is 2.41. The minimum absolute atomic E-state index is 0.207. The van der Waals surface area contributed by atoms with Crippen molar-refractivity contribution in [2.24, 2.45) is 5.41 Å². The third-order valence-electron chi connectivity index (χ3n) is 3.25. The molecule has 4 nitrogen and oxygen atoms in total. The number of methoxy groups -OCH3 is 2. The zero-order valence-corrected chi connectivity index (χ0v) is 13.3. The Morgan fingerprint density at radius 2 is 1.60 bits per heavy atom. The van der Waals surface area contributed by atoms with Gasteiger partial charge in [0.05, 0.1) is 25.9 Å². The summed E-state index contributed by atoms with van der Waals surface area (Å²) in [6.07, 6.45) is -1.17. The normalized spacial score (nSPS) is 14.8. The van der Waals surface area contributed by atoms with E-state index in [9.17, 15) is 5.11 Å². The van der Waals surface area contributed by atoms with Crippen molar-refractivity contribution in [2.45, 2.75) is 39.9 Å². The maximum Gasteiger partial charge on any atom is 0.128 e. The molecule has 4 heteroatoms. The van der Waals surface area contributed by atoms with Gasteiger partial charge >= 0.3 is 0 Å². The van der Waals surface area contributed by atoms with Crippen molar-refractivity contribution in [2.75, 3.05) is 20.8 Å². The molecule has 2 atom stereocenters. The number of ether oxygens (including phenoxy) is 3. The van der Waals surface area contributed by atoms with E-state index in [4.69, 9.17) is 14.2 Å². The summed E-state index contributed by atoms with van der Waals surface area (Å²) >= 11 is 0. The molecule has 1 rings (SSSR count). The SMILES string of the molecule is CCOC(C(O)c1c(OC)cccc1OC)C(C)(C)C. The molecule has 0 spiro atoms. The van der Waals surface area contributed by atoms with Gasteiger partial charge in [-0.1, -0.05) is 26.8 Å². The van der Waals surface area contributed by atoms with Crippen LogP contribution in [0.4, 0.5) is 0 Å². The van der Waals surface area contributed by atoms with E-state index in [-0.39, 0.29) is 11.5 Å². The minimum atomic E-state index is -0.818. The highest BCUT2D eigenvalue weighted by atomic mass is 16.5. The molecule has 1 aromatic rings. The van der Waals surface area contributed by atoms with Crippen molar-refractivity contribution >= 4 is 0 Å². The van der Waals surface area contributed by atoms with Crippen LogP contribution in [0.5, 0.6) is 11.5 Å². The van der Waals surface area contributed by atoms with Crippen molar-refractivity contribution in [3.8, 4) is 11.5 Å². The van der Waals surface area contributed by atoms with E-state index in [0.29, 0.717) is 23.7 Å². The largest absolute Gasteiger partial charge is 0.496 e. The summed E-state index contributed by atoms with van der Waals surface area (Å²) < 4.78 is 16.5. The Bertz CT molecular complexity index is 401. The lowest BCUT2D eigenvalue weighted by Gasteiger charge is -2.35. The second kappa shape index (κ2) is 6.95. The molecule has 0 aliphatic rings. The first-order valence-corrected chi connectivity index (χ1v) is 6.87. The molecule has 0 amide bonds. The number of rotatable bonds is 6. The lowest BCUT2D eigenvalue weighted by Crippen LogP contribution is -2.35. The van der Waals surface area contributed by atoms with Gasteiger partial charge in [0, 0.05) is 6.61 Å². The average molecular weight is 282 g/mol. The van der Waals surface area contributed by atoms with Gasteiger partial charge in [-0.3, -0.25) is 0 Å². The highest BCUT2D eigenvalue weighted by molar-refractivity contribution is 5.46. The van der Waals surface area contributed by atoms with Gasteiger partial charge < -0.3 is 19.3 Å². The summed E-state index contributed by atoms with van der Waals surface area (Å²) in [5.74, 6) is 1.21. The maximum absolute atomic E-state index is 10.8. The van der Waals surface area contributed by atoms with Crippen LogP contribution in [0.1, 0.15) is 39.4 Å². The van der Waals surface area contributed by atoms with E-state index in [1.165, 1.54) is 0 Å². The molecule has 0 saturated heterocycles. The first-order chi connectivity index (χ1) is 9.36. The summed E-state index contributed by atoms with van der Waals surface area (Å²) in [5.41, 5.74) is 0.423. The van der Waals surface area contributed by atoms with Crippen molar-refractivity contribution in [3.63, 3.8) is 0 Å². The van der Waals surface area contributed by atoms with E-state index in [1.807, 2.05) is 45.9 Å². The second-order valence-electron chi connectivity index (χ2n) is 5.76. The highest BCUT2D eigenvalue weighted by Crippen LogP contribution is 2.41. The Morgan fingerprint density at radius 1 is 1.10 bits per heavy atom. The van der Waals surface area contributed by atoms with Crippen LogP contribution in [0.2, 0.25) is 0 Å². The fraction of sp³-hybridized carbons (Fsp3) is 0.625. The van der Waals surface area contributed by atoms with Crippen molar-refractivity contribution in [3.05, 3.63) is 23.8 Å². The van der Waals surface area contributed by atoms with Gasteiger partial charge in [0.2, 0.25) is 0 Å². The Kier molecular flexibility index (Phi) is 5.84. The summed E-state index contributed by atoms with van der Waals surface area (Å²) in [4.78, 5) is 0. The zero-order valence-electron chi connectivity index (χ0n) is 13.3. The number of benzene rings is 1. The van der Waals surface area contributed by atoms with Crippen LogP contribution in [0.15, 0.2) is 18.2 Å². The molecule has 0 radical (unpaired) electrons. The quantitative estimate of drug-likeness (QED) is 0.870. The summed E-state index contributed by atoms with van der Waals surface area (Å²) in [7, 11) is 3.16. The van der Waals surface area contributed by atoms with Gasteiger partial charge in [-0.15, -0.1) is 0 Å². The van der Waals surface area contributed by atoms with Crippen LogP contribution in [-0.2, 0) is 4.74 Å². The molecule has 1 aromatic carbocycles. The Labute approximate surface area is 121 Å². The van der Waals surface area contributed by atoms with Crippen LogP contribution in [0.3, 0.4) is 0 Å². The summed E-state index contributed by atoms with van der Waals surface area (Å²) in [5, 5.41) is 10.8. The van der Waals surface area contributed by atoms with Crippen LogP contribution in [-0.4, -0.2) is 32.0 Å². The molecule has 2 unspecified atom stereocenters. The summed E-state index contributed by atoms with van der Waals surface area (Å²) in [6.45, 7) is 8.58. The van der Waals surface area contributed by atoms with Crippen molar-refractivity contribution in [1.82, 2.24) is 0 Å². The molecule has 0 aromatic heterocycles. The molecule has 0 heterocycles. The first-order valence-electron chi connectivity index (χ1n) is 6.87. The van der Waals surface area contributed by atoms with E-state index in [1.54, 1.807) is 14.2 Å². The van der Waals surface area contributed by atoms with E-state index in [0.717, 1.165) is 0 Å². The molecule has 20 heavy (non-hydrogen) atoms. The van der Waals surface area contributed by atoms with Crippen molar-refractivity contribution in [1.29, 1.82) is 0 Å². The molecule has 0 saturated carbocycles. The third-order valence-corrected chi connectivity index (χ3v) is 3.25. The van der Waals surface area contributed by atoms with Gasteiger partial charge in [-0.05, 0) is 24.5 Å². The molecule has 0 aliphatic heterocycles. The Morgan fingerprint density at radius 3 is 1.95 bits per heavy atom. The van der Waals surface area contributed by atoms with Gasteiger partial charge in [0.1, 0.15) is 17.6 Å². The monoisotopic (exact) mass is 282 g/mol. The van der Waals surface area contributed by atoms with Gasteiger partial charge in [0.15, 0.2) is 0 Å². The lowest BCUT2D eigenvalue weighted by atomic mass is 9.83. The van der Waals surface area contributed by atoms with E-state index < -0.39 is 6.10 Å². The fourth-order valence-electron chi connectivity index (χ4n) is 2.32. The van der Waals surface area contributed by atoms with E-state index >= 15 is 0 Å². The predicted octanol–water partition coefficient (Wildman–Crippen LogP) is 3.19. The summed E-state index contributed by atoms with van der Waals surface area (Å²) in [6, 6.07) is 5.46. The molecular formula is C16H26O4. The third kappa shape index (κ3) is 3.64. The number of hydrogen-bond donors (Lipinski definition) is 1. The molecule has 0 bridgehead atoms. The Balaban J connectivity index is 3.26. The standard InChI is InChI=1S/C16H26O4/c1-7-20-15(16(2,3)4)14(17)13-11(18-5)9-8-10-12(13)19-6/h8-10,14-15,17H,7H2,1-6H3. The first kappa shape index (κ1) is 16.8. The van der Waals surface area contributed by atoms with Crippen LogP contribution in [0, 0.1) is 5.41 Å². The van der Waals surface area contributed by atoms with E-state index in [2.05, 4.69) is 0 Å². The Hall–Kier alpha value is -1.26. The van der Waals surface area contributed by atoms with Crippen LogP contribution < -0.4 is 9.47 Å². The molecule has 0 fully saturated rings. The minimum Gasteiger partial charge on any atom is -0.496 e. The van der Waals surface area contributed by atoms with Gasteiger partial charge in [-0.25, -0.2) is 0 Å². The number of aliphatic hydroxyl groups excluding tert-OH is 1. The molecule has 0 aliphatic carbocycles. The van der Waals surface area contributed by atoms with Crippen molar-refractivity contribution < 1.29 is 19.3 Å². The second-order valence-corrected chi connectivity index (χ2v) is 5.76. The van der Waals surface area contributed by atoms with Gasteiger partial charge in [0.25, 0.3) is 0 Å². The highest BCUT2D eigenvalue weighted by Gasteiger charge is 2.35. The number of hydrogen-bond acceptors (Lipinski definition) is 4. The fourth-order valence-corrected chi connectivity index (χ4v) is 2.32. The molecule has 1 N–H and O–H groups in total. The predicted molar refractivity (Wildman–Crippen MR) is 79.4 cm³/mol. The smallest absolute Gasteiger partial charge is 0.128 e. The molecule has 114 valence electrons. The zero-order chi connectivity index (χ0) is 15.3. The molecular weight excluding hydrogens is 256 g/mol. The lowest BCUT2D eigenvalue weighted by molar-refractivity contribution is -0.0909. The van der Waals surface area contributed by atoms with Crippen LogP contribution >= 0.6 is 0 Å². The van der Waals surface area contributed by atoms with Gasteiger partial charge in [-0.2, -0.15) is 0 Å².